The first-order valence-electron chi connectivity index (χ1n) is 4.58. The molecule has 1 rings (SSSR count). The fourth-order valence-electron chi connectivity index (χ4n) is 1.47. The van der Waals surface area contributed by atoms with Crippen LogP contribution in [0.1, 0.15) is 39.5 Å². The monoisotopic (exact) mass is 141 g/mol. The van der Waals surface area contributed by atoms with Gasteiger partial charge in [-0.1, -0.05) is 19.8 Å². The Kier molecular flexibility index (Phi) is 3.20. The largest absolute Gasteiger partial charge is 0.301 e. The van der Waals surface area contributed by atoms with Crippen LogP contribution in [0.2, 0.25) is 0 Å². The molecule has 0 aliphatic carbocycles. The Labute approximate surface area is 64.4 Å². The van der Waals surface area contributed by atoms with Crippen molar-refractivity contribution in [3.63, 3.8) is 0 Å². The van der Waals surface area contributed by atoms with E-state index in [1.165, 1.54) is 38.8 Å². The van der Waals surface area contributed by atoms with Crippen LogP contribution in [-0.4, -0.2) is 24.0 Å². The van der Waals surface area contributed by atoms with Gasteiger partial charge in [0.15, 0.2) is 0 Å². The number of likely N-dealkylation sites (tertiary alicyclic amines) is 1. The number of hydrogen-bond acceptors (Lipinski definition) is 1. The molecule has 0 N–H and O–H groups in total. The minimum Gasteiger partial charge on any atom is -0.301 e. The molecule has 1 saturated heterocycles. The molecule has 0 aromatic carbocycles. The Morgan fingerprint density at radius 3 is 2.60 bits per heavy atom. The molecule has 60 valence electrons. The molecule has 1 aliphatic rings. The van der Waals surface area contributed by atoms with E-state index in [1.54, 1.807) is 0 Å². The smallest absolute Gasteiger partial charge is 0.00791 e. The maximum absolute atomic E-state index is 2.58. The van der Waals surface area contributed by atoms with E-state index >= 15 is 0 Å². The van der Waals surface area contributed by atoms with Gasteiger partial charge in [-0.05, 0) is 32.9 Å². The number of rotatable bonds is 4. The van der Waals surface area contributed by atoms with Crippen molar-refractivity contribution in [1.29, 1.82) is 0 Å². The van der Waals surface area contributed by atoms with E-state index in [0.717, 1.165) is 6.04 Å². The van der Waals surface area contributed by atoms with E-state index in [4.69, 9.17) is 0 Å². The Morgan fingerprint density at radius 2 is 2.20 bits per heavy atom. The van der Waals surface area contributed by atoms with E-state index in [0.29, 0.717) is 0 Å². The molecule has 10 heavy (non-hydrogen) atoms. The molecule has 0 spiro atoms. The second-order valence-electron chi connectivity index (χ2n) is 3.38. The molecule has 1 atom stereocenters. The van der Waals surface area contributed by atoms with Gasteiger partial charge in [-0.25, -0.2) is 0 Å². The highest BCUT2D eigenvalue weighted by molar-refractivity contribution is 4.77. The van der Waals surface area contributed by atoms with E-state index in [9.17, 15) is 0 Å². The number of nitrogens with zero attached hydrogens (tertiary/aromatic N) is 1. The van der Waals surface area contributed by atoms with Crippen molar-refractivity contribution in [3.05, 3.63) is 0 Å². The summed E-state index contributed by atoms with van der Waals surface area (Å²) in [5.74, 6) is 0. The summed E-state index contributed by atoms with van der Waals surface area (Å²) in [6.45, 7) is 7.29. The van der Waals surface area contributed by atoms with Crippen molar-refractivity contribution in [3.8, 4) is 0 Å². The highest BCUT2D eigenvalue weighted by Gasteiger charge is 2.21. The average molecular weight is 141 g/mol. The van der Waals surface area contributed by atoms with Crippen molar-refractivity contribution >= 4 is 0 Å². The minimum absolute atomic E-state index is 0.886. The predicted octanol–water partition coefficient (Wildman–Crippen LogP) is 2.27. The normalized spacial score (nSPS) is 26.4. The molecule has 0 saturated carbocycles. The molecule has 1 unspecified atom stereocenters. The van der Waals surface area contributed by atoms with Crippen molar-refractivity contribution in [2.24, 2.45) is 0 Å². The highest BCUT2D eigenvalue weighted by Crippen LogP contribution is 2.16. The SMILES string of the molecule is CCCCCN1CCC1C. The third-order valence-electron chi connectivity index (χ3n) is 2.51. The first-order chi connectivity index (χ1) is 4.84. The van der Waals surface area contributed by atoms with Gasteiger partial charge in [-0.2, -0.15) is 0 Å². The summed E-state index contributed by atoms with van der Waals surface area (Å²) in [6.07, 6.45) is 5.58. The lowest BCUT2D eigenvalue weighted by molar-refractivity contribution is 0.102. The lowest BCUT2D eigenvalue weighted by Crippen LogP contribution is -2.45. The first kappa shape index (κ1) is 8.06. The zero-order valence-corrected chi connectivity index (χ0v) is 7.27. The molecule has 0 radical (unpaired) electrons. The Hall–Kier alpha value is -0.0400. The number of unbranched alkanes of at least 4 members (excludes halogenated alkanes) is 2. The second kappa shape index (κ2) is 3.97. The van der Waals surface area contributed by atoms with Crippen LogP contribution in [0.4, 0.5) is 0 Å². The molecule has 1 aliphatic heterocycles. The van der Waals surface area contributed by atoms with Crippen LogP contribution in [0, 0.1) is 0 Å². The zero-order chi connectivity index (χ0) is 7.40. The van der Waals surface area contributed by atoms with Gasteiger partial charge in [-0.3, -0.25) is 0 Å². The van der Waals surface area contributed by atoms with E-state index < -0.39 is 0 Å². The third kappa shape index (κ3) is 1.98. The van der Waals surface area contributed by atoms with Gasteiger partial charge in [0, 0.05) is 6.04 Å². The van der Waals surface area contributed by atoms with Gasteiger partial charge in [-0.15, -0.1) is 0 Å². The van der Waals surface area contributed by atoms with Crippen LogP contribution < -0.4 is 0 Å². The zero-order valence-electron chi connectivity index (χ0n) is 7.27. The molecule has 1 fully saturated rings. The molecule has 0 bridgehead atoms. The molecule has 1 nitrogen and oxygen atoms in total. The summed E-state index contributed by atoms with van der Waals surface area (Å²) < 4.78 is 0. The van der Waals surface area contributed by atoms with E-state index in [2.05, 4.69) is 18.7 Å². The summed E-state index contributed by atoms with van der Waals surface area (Å²) in [7, 11) is 0. The van der Waals surface area contributed by atoms with Crippen molar-refractivity contribution in [2.75, 3.05) is 13.1 Å². The van der Waals surface area contributed by atoms with Crippen LogP contribution >= 0.6 is 0 Å². The summed E-state index contributed by atoms with van der Waals surface area (Å²) in [6, 6.07) is 0.886. The molecule has 1 heteroatoms. The van der Waals surface area contributed by atoms with Crippen LogP contribution in [0.3, 0.4) is 0 Å². The lowest BCUT2D eigenvalue weighted by atomic mass is 10.0. The summed E-state index contributed by atoms with van der Waals surface area (Å²) >= 11 is 0. The van der Waals surface area contributed by atoms with Gasteiger partial charge in [0.25, 0.3) is 0 Å². The standard InChI is InChI=1S/C9H19N/c1-3-4-5-7-10-8-6-9(10)2/h9H,3-8H2,1-2H3. The van der Waals surface area contributed by atoms with E-state index in [1.807, 2.05) is 0 Å². The Balaban J connectivity index is 1.92. The van der Waals surface area contributed by atoms with Gasteiger partial charge >= 0.3 is 0 Å². The lowest BCUT2D eigenvalue weighted by Gasteiger charge is -2.38. The quantitative estimate of drug-likeness (QED) is 0.543. The molecular weight excluding hydrogens is 122 g/mol. The fourth-order valence-corrected chi connectivity index (χ4v) is 1.47. The van der Waals surface area contributed by atoms with Crippen LogP contribution in [0.5, 0.6) is 0 Å². The summed E-state index contributed by atoms with van der Waals surface area (Å²) in [4.78, 5) is 2.58. The maximum Gasteiger partial charge on any atom is 0.00791 e. The van der Waals surface area contributed by atoms with Crippen molar-refractivity contribution in [2.45, 2.75) is 45.6 Å². The topological polar surface area (TPSA) is 3.24 Å². The molecule has 0 amide bonds. The fraction of sp³-hybridized carbons (Fsp3) is 1.00. The van der Waals surface area contributed by atoms with Crippen molar-refractivity contribution < 1.29 is 0 Å². The number of hydrogen-bond donors (Lipinski definition) is 0. The average Bonchev–Trinajstić information content (AvgIpc) is 1.95. The molecule has 1 heterocycles. The minimum atomic E-state index is 0.886. The van der Waals surface area contributed by atoms with Crippen LogP contribution in [-0.2, 0) is 0 Å². The Morgan fingerprint density at radius 1 is 1.40 bits per heavy atom. The van der Waals surface area contributed by atoms with Crippen LogP contribution in [0.15, 0.2) is 0 Å². The summed E-state index contributed by atoms with van der Waals surface area (Å²) in [5.41, 5.74) is 0. The van der Waals surface area contributed by atoms with Crippen LogP contribution in [0.25, 0.3) is 0 Å². The predicted molar refractivity (Wildman–Crippen MR) is 45.2 cm³/mol. The van der Waals surface area contributed by atoms with Gasteiger partial charge in [0.1, 0.15) is 0 Å². The Bertz CT molecular complexity index is 90.7. The first-order valence-corrected chi connectivity index (χ1v) is 4.58. The second-order valence-corrected chi connectivity index (χ2v) is 3.38. The molecule has 0 aromatic rings. The molecule has 0 aromatic heterocycles. The van der Waals surface area contributed by atoms with Gasteiger partial charge in [0.2, 0.25) is 0 Å². The maximum atomic E-state index is 2.58. The highest BCUT2D eigenvalue weighted by atomic mass is 15.2. The van der Waals surface area contributed by atoms with Crippen molar-refractivity contribution in [1.82, 2.24) is 4.90 Å². The van der Waals surface area contributed by atoms with Gasteiger partial charge in [0.05, 0.1) is 0 Å². The summed E-state index contributed by atoms with van der Waals surface area (Å²) in [5, 5.41) is 0. The third-order valence-corrected chi connectivity index (χ3v) is 2.51. The molecular formula is C9H19N. The van der Waals surface area contributed by atoms with Gasteiger partial charge < -0.3 is 4.90 Å². The van der Waals surface area contributed by atoms with E-state index in [-0.39, 0.29) is 0 Å².